The molecule has 1 aliphatic rings. The summed E-state index contributed by atoms with van der Waals surface area (Å²) in [5.41, 5.74) is 2.44. The minimum Gasteiger partial charge on any atom is -0.339 e. The number of piperidine rings is 1. The van der Waals surface area contributed by atoms with Crippen LogP contribution in [0.2, 0.25) is 0 Å². The van der Waals surface area contributed by atoms with Gasteiger partial charge < -0.3 is 9.84 Å². The van der Waals surface area contributed by atoms with E-state index in [1.54, 1.807) is 18.4 Å². The van der Waals surface area contributed by atoms with Crippen molar-refractivity contribution in [2.24, 2.45) is 5.92 Å². The van der Waals surface area contributed by atoms with Gasteiger partial charge in [0.25, 0.3) is 10.0 Å². The minimum atomic E-state index is -3.71. The van der Waals surface area contributed by atoms with Crippen LogP contribution in [-0.4, -0.2) is 41.9 Å². The van der Waals surface area contributed by atoms with Gasteiger partial charge in [-0.05, 0) is 37.0 Å². The van der Waals surface area contributed by atoms with Gasteiger partial charge in [-0.3, -0.25) is 4.79 Å². The maximum atomic E-state index is 13.2. The van der Waals surface area contributed by atoms with Gasteiger partial charge in [0.15, 0.2) is 0 Å². The third-order valence-electron chi connectivity index (χ3n) is 5.37. The Labute approximate surface area is 185 Å². The number of carbonyl (C=O) groups excluding carboxylic acids is 1. The normalized spacial score (nSPS) is 17.5. The zero-order valence-corrected chi connectivity index (χ0v) is 19.0. The SMILES string of the molecule is CCc1ccccc1NC(=O)[C@@H]1CCCN(S(=O)(=O)c2cc(-c3noc(C)n3)cs2)C1. The summed E-state index contributed by atoms with van der Waals surface area (Å²) < 4.78 is 33.0. The molecule has 1 aliphatic heterocycles. The van der Waals surface area contributed by atoms with Crippen molar-refractivity contribution in [3.63, 3.8) is 0 Å². The number of rotatable bonds is 6. The molecule has 3 aromatic rings. The Morgan fingerprint density at radius 1 is 1.35 bits per heavy atom. The van der Waals surface area contributed by atoms with E-state index in [1.807, 2.05) is 31.2 Å². The molecule has 1 aromatic carbocycles. The van der Waals surface area contributed by atoms with E-state index in [2.05, 4.69) is 15.5 Å². The summed E-state index contributed by atoms with van der Waals surface area (Å²) in [5.74, 6) is 0.239. The molecule has 0 unspecified atom stereocenters. The number of benzene rings is 1. The molecule has 8 nitrogen and oxygen atoms in total. The molecule has 0 spiro atoms. The van der Waals surface area contributed by atoms with Crippen LogP contribution < -0.4 is 5.32 Å². The van der Waals surface area contributed by atoms with Crippen LogP contribution >= 0.6 is 11.3 Å². The second-order valence-corrected chi connectivity index (χ2v) is 10.6. The van der Waals surface area contributed by atoms with Crippen molar-refractivity contribution in [2.75, 3.05) is 18.4 Å². The molecule has 3 heterocycles. The lowest BCUT2D eigenvalue weighted by molar-refractivity contribution is -0.120. The van der Waals surface area contributed by atoms with Gasteiger partial charge in [-0.2, -0.15) is 9.29 Å². The summed E-state index contributed by atoms with van der Waals surface area (Å²) in [4.78, 5) is 17.0. The Hall–Kier alpha value is -2.56. The quantitative estimate of drug-likeness (QED) is 0.601. The van der Waals surface area contributed by atoms with Crippen LogP contribution in [0.25, 0.3) is 11.4 Å². The molecule has 2 aromatic heterocycles. The fraction of sp³-hybridized carbons (Fsp3) is 0.381. The number of amides is 1. The maximum absolute atomic E-state index is 13.2. The lowest BCUT2D eigenvalue weighted by Gasteiger charge is -2.31. The Bertz CT molecular complexity index is 1190. The molecule has 4 rings (SSSR count). The molecule has 1 N–H and O–H groups in total. The topological polar surface area (TPSA) is 105 Å². The third-order valence-corrected chi connectivity index (χ3v) is 8.65. The lowest BCUT2D eigenvalue weighted by atomic mass is 9.98. The number of hydrogen-bond acceptors (Lipinski definition) is 7. The number of thiophene rings is 1. The fourth-order valence-corrected chi connectivity index (χ4v) is 6.51. The Kier molecular flexibility index (Phi) is 6.22. The van der Waals surface area contributed by atoms with Crippen molar-refractivity contribution in [2.45, 2.75) is 37.3 Å². The van der Waals surface area contributed by atoms with Crippen LogP contribution in [-0.2, 0) is 21.2 Å². The van der Waals surface area contributed by atoms with E-state index >= 15 is 0 Å². The molecule has 1 saturated heterocycles. The van der Waals surface area contributed by atoms with Crippen molar-refractivity contribution in [3.05, 3.63) is 47.2 Å². The fourth-order valence-electron chi connectivity index (χ4n) is 3.67. The predicted octanol–water partition coefficient (Wildman–Crippen LogP) is 3.71. The Balaban J connectivity index is 1.48. The average molecular weight is 461 g/mol. The van der Waals surface area contributed by atoms with Crippen LogP contribution in [0.5, 0.6) is 0 Å². The zero-order chi connectivity index (χ0) is 22.0. The van der Waals surface area contributed by atoms with Crippen molar-refractivity contribution >= 4 is 33.0 Å². The van der Waals surface area contributed by atoms with E-state index in [0.717, 1.165) is 29.0 Å². The van der Waals surface area contributed by atoms with Crippen molar-refractivity contribution in [3.8, 4) is 11.4 Å². The number of para-hydroxylation sites is 1. The second-order valence-electron chi connectivity index (χ2n) is 7.49. The number of carbonyl (C=O) groups is 1. The highest BCUT2D eigenvalue weighted by molar-refractivity contribution is 7.91. The summed E-state index contributed by atoms with van der Waals surface area (Å²) in [6.45, 7) is 4.27. The summed E-state index contributed by atoms with van der Waals surface area (Å²) in [7, 11) is -3.71. The molecular weight excluding hydrogens is 436 g/mol. The van der Waals surface area contributed by atoms with Crippen LogP contribution in [0.15, 0.2) is 44.4 Å². The average Bonchev–Trinajstić information content (AvgIpc) is 3.44. The molecular formula is C21H24N4O4S2. The minimum absolute atomic E-state index is 0.144. The molecule has 1 fully saturated rings. The number of hydrogen-bond donors (Lipinski definition) is 1. The second kappa shape index (κ2) is 8.89. The number of anilines is 1. The van der Waals surface area contributed by atoms with Crippen molar-refractivity contribution in [1.29, 1.82) is 0 Å². The van der Waals surface area contributed by atoms with E-state index in [0.29, 0.717) is 36.7 Å². The van der Waals surface area contributed by atoms with Gasteiger partial charge in [0.05, 0.1) is 5.92 Å². The third kappa shape index (κ3) is 4.56. The molecule has 0 radical (unpaired) electrons. The molecule has 1 atom stereocenters. The molecule has 0 bridgehead atoms. The first kappa shape index (κ1) is 21.7. The maximum Gasteiger partial charge on any atom is 0.252 e. The highest BCUT2D eigenvalue weighted by Gasteiger charge is 2.34. The van der Waals surface area contributed by atoms with Gasteiger partial charge in [-0.1, -0.05) is 30.3 Å². The van der Waals surface area contributed by atoms with Crippen LogP contribution in [0.4, 0.5) is 5.69 Å². The smallest absolute Gasteiger partial charge is 0.252 e. The van der Waals surface area contributed by atoms with E-state index in [1.165, 1.54) is 4.31 Å². The summed E-state index contributed by atoms with van der Waals surface area (Å²) in [6.07, 6.45) is 2.10. The predicted molar refractivity (Wildman–Crippen MR) is 118 cm³/mol. The van der Waals surface area contributed by atoms with Gasteiger partial charge in [0, 0.05) is 36.6 Å². The van der Waals surface area contributed by atoms with Crippen molar-refractivity contribution < 1.29 is 17.7 Å². The monoisotopic (exact) mass is 460 g/mol. The van der Waals surface area contributed by atoms with Crippen molar-refractivity contribution in [1.82, 2.24) is 14.4 Å². The lowest BCUT2D eigenvalue weighted by Crippen LogP contribution is -2.43. The first-order valence-corrected chi connectivity index (χ1v) is 12.5. The molecule has 1 amide bonds. The first-order chi connectivity index (χ1) is 14.9. The summed E-state index contributed by atoms with van der Waals surface area (Å²) >= 11 is 1.12. The molecule has 10 heteroatoms. The van der Waals surface area contributed by atoms with Crippen LogP contribution in [0, 0.1) is 12.8 Å². The van der Waals surface area contributed by atoms with E-state index in [-0.39, 0.29) is 16.7 Å². The van der Waals surface area contributed by atoms with Gasteiger partial charge in [-0.25, -0.2) is 8.42 Å². The number of nitrogens with one attached hydrogen (secondary N) is 1. The van der Waals surface area contributed by atoms with Crippen LogP contribution in [0.1, 0.15) is 31.2 Å². The zero-order valence-electron chi connectivity index (χ0n) is 17.4. The number of sulfonamides is 1. The number of aryl methyl sites for hydroxylation is 2. The largest absolute Gasteiger partial charge is 0.339 e. The highest BCUT2D eigenvalue weighted by Crippen LogP contribution is 2.31. The van der Waals surface area contributed by atoms with Gasteiger partial charge in [-0.15, -0.1) is 11.3 Å². The van der Waals surface area contributed by atoms with Gasteiger partial charge >= 0.3 is 0 Å². The van der Waals surface area contributed by atoms with Gasteiger partial charge in [0.1, 0.15) is 4.21 Å². The molecule has 164 valence electrons. The van der Waals surface area contributed by atoms with Crippen LogP contribution in [0.3, 0.4) is 0 Å². The molecule has 31 heavy (non-hydrogen) atoms. The summed E-state index contributed by atoms with van der Waals surface area (Å²) in [6, 6.07) is 9.24. The highest BCUT2D eigenvalue weighted by atomic mass is 32.2. The van der Waals surface area contributed by atoms with E-state index in [9.17, 15) is 13.2 Å². The standard InChI is InChI=1S/C21H24N4O4S2/c1-3-15-7-4-5-9-18(15)23-21(26)16-8-6-10-25(12-16)31(27,28)19-11-17(13-30-19)20-22-14(2)29-24-20/h4-5,7,9,11,13,16H,3,6,8,10,12H2,1-2H3,(H,23,26)/t16-/m1/s1. The van der Waals surface area contributed by atoms with E-state index in [4.69, 9.17) is 4.52 Å². The van der Waals surface area contributed by atoms with E-state index < -0.39 is 15.9 Å². The molecule has 0 aliphatic carbocycles. The van der Waals surface area contributed by atoms with Gasteiger partial charge in [0.2, 0.25) is 17.6 Å². The molecule has 0 saturated carbocycles. The number of aromatic nitrogens is 2. The Morgan fingerprint density at radius 2 is 2.16 bits per heavy atom. The first-order valence-electron chi connectivity index (χ1n) is 10.2. The number of nitrogens with zero attached hydrogens (tertiary/aromatic N) is 3. The summed E-state index contributed by atoms with van der Waals surface area (Å²) in [5, 5.41) is 8.53. The Morgan fingerprint density at radius 3 is 2.90 bits per heavy atom.